The summed E-state index contributed by atoms with van der Waals surface area (Å²) in [5.41, 5.74) is 2.31. The molecule has 2 aliphatic heterocycles. The van der Waals surface area contributed by atoms with E-state index in [1.54, 1.807) is 4.90 Å². The van der Waals surface area contributed by atoms with Gasteiger partial charge in [-0.2, -0.15) is 0 Å². The molecule has 0 unspecified atom stereocenters. The molecule has 3 rings (SSSR count). The van der Waals surface area contributed by atoms with Crippen LogP contribution in [-0.4, -0.2) is 68.2 Å². The minimum absolute atomic E-state index is 0. The molecular formula is C23H36IN5O3. The Kier molecular flexibility index (Phi) is 11.1. The number of halogens is 1. The molecule has 0 aliphatic carbocycles. The summed E-state index contributed by atoms with van der Waals surface area (Å²) in [5.74, 6) is 0.945. The van der Waals surface area contributed by atoms with Gasteiger partial charge in [0.2, 0.25) is 5.91 Å². The molecule has 1 aromatic rings. The number of carbonyl (C=O) groups is 2. The number of aliphatic imine (C=N–C) groups is 1. The summed E-state index contributed by atoms with van der Waals surface area (Å²) in [6.45, 7) is 7.77. The topological polar surface area (TPSA) is 86.3 Å². The van der Waals surface area contributed by atoms with Gasteiger partial charge in [0.05, 0.1) is 6.61 Å². The maximum absolute atomic E-state index is 12.6. The molecule has 9 heteroatoms. The van der Waals surface area contributed by atoms with E-state index in [0.29, 0.717) is 32.7 Å². The second-order valence-corrected chi connectivity index (χ2v) is 7.89. The summed E-state index contributed by atoms with van der Waals surface area (Å²) in [4.78, 5) is 32.8. The minimum atomic E-state index is -0.230. The number of amides is 2. The van der Waals surface area contributed by atoms with E-state index in [1.807, 2.05) is 36.9 Å². The van der Waals surface area contributed by atoms with Gasteiger partial charge < -0.3 is 25.2 Å². The van der Waals surface area contributed by atoms with Gasteiger partial charge in [-0.1, -0.05) is 18.2 Å². The summed E-state index contributed by atoms with van der Waals surface area (Å²) in [7, 11) is 0. The number of benzene rings is 1. The number of nitrogens with zero attached hydrogens (tertiary/aromatic N) is 3. The molecule has 2 amide bonds. The fraction of sp³-hybridized carbons (Fsp3) is 0.609. The van der Waals surface area contributed by atoms with Crippen molar-refractivity contribution in [2.45, 2.75) is 52.0 Å². The van der Waals surface area contributed by atoms with Crippen LogP contribution < -0.4 is 15.5 Å². The number of nitrogens with one attached hydrogen (secondary N) is 2. The van der Waals surface area contributed by atoms with Gasteiger partial charge >= 0.3 is 6.09 Å². The first-order valence-corrected chi connectivity index (χ1v) is 11.5. The quantitative estimate of drug-likeness (QED) is 0.233. The van der Waals surface area contributed by atoms with Crippen LogP contribution in [0.5, 0.6) is 0 Å². The maximum atomic E-state index is 12.6. The normalized spacial score (nSPS) is 16.2. The Bertz CT molecular complexity index is 781. The van der Waals surface area contributed by atoms with Crippen molar-refractivity contribution in [3.63, 3.8) is 0 Å². The van der Waals surface area contributed by atoms with E-state index >= 15 is 0 Å². The van der Waals surface area contributed by atoms with Crippen molar-refractivity contribution < 1.29 is 14.3 Å². The third-order valence-electron chi connectivity index (χ3n) is 5.71. The SMILES string of the molecule is CCNC(=NCCCC(=O)N1CCc2ccccc21)NC1CCN(C(=O)OCC)CC1.I. The van der Waals surface area contributed by atoms with E-state index in [1.165, 1.54) is 5.56 Å². The Morgan fingerprint density at radius 1 is 1.16 bits per heavy atom. The van der Waals surface area contributed by atoms with Gasteiger partial charge in [-0.25, -0.2) is 4.79 Å². The standard InChI is InChI=1S/C23H35N5O3.HI/c1-3-24-22(26-19-12-15-27(16-13-19)23(30)31-4-2)25-14-7-10-21(29)28-17-11-18-8-5-6-9-20(18)28;/h5-6,8-9,19H,3-4,7,10-17H2,1-2H3,(H2,24,25,26);1H. The Morgan fingerprint density at radius 3 is 2.62 bits per heavy atom. The van der Waals surface area contributed by atoms with Crippen LogP contribution in [0.15, 0.2) is 29.3 Å². The van der Waals surface area contributed by atoms with E-state index in [-0.39, 0.29) is 42.0 Å². The van der Waals surface area contributed by atoms with E-state index in [9.17, 15) is 9.59 Å². The molecule has 0 aromatic heterocycles. The van der Waals surface area contributed by atoms with Gasteiger partial charge in [-0.3, -0.25) is 9.79 Å². The molecule has 1 saturated heterocycles. The molecule has 8 nitrogen and oxygen atoms in total. The smallest absolute Gasteiger partial charge is 0.409 e. The molecule has 0 saturated carbocycles. The highest BCUT2D eigenvalue weighted by Gasteiger charge is 2.25. The molecule has 1 fully saturated rings. The molecule has 2 heterocycles. The van der Waals surface area contributed by atoms with Crippen LogP contribution in [-0.2, 0) is 16.0 Å². The maximum Gasteiger partial charge on any atom is 0.409 e. The van der Waals surface area contributed by atoms with Gasteiger partial charge in [0.1, 0.15) is 0 Å². The zero-order chi connectivity index (χ0) is 22.1. The van der Waals surface area contributed by atoms with Crippen molar-refractivity contribution in [3.05, 3.63) is 29.8 Å². The third-order valence-corrected chi connectivity index (χ3v) is 5.71. The largest absolute Gasteiger partial charge is 0.450 e. The van der Waals surface area contributed by atoms with Crippen LogP contribution in [0.3, 0.4) is 0 Å². The highest BCUT2D eigenvalue weighted by Crippen LogP contribution is 2.28. The first kappa shape index (κ1) is 26.2. The second kappa shape index (κ2) is 13.5. The molecule has 0 radical (unpaired) electrons. The first-order chi connectivity index (χ1) is 15.1. The number of carbonyl (C=O) groups excluding carboxylic acids is 2. The lowest BCUT2D eigenvalue weighted by Gasteiger charge is -2.32. The average molecular weight is 557 g/mol. The molecule has 2 aliphatic rings. The number of piperidine rings is 1. The van der Waals surface area contributed by atoms with E-state index in [2.05, 4.69) is 21.7 Å². The summed E-state index contributed by atoms with van der Waals surface area (Å²) in [5, 5.41) is 6.75. The minimum Gasteiger partial charge on any atom is -0.450 e. The zero-order valence-electron chi connectivity index (χ0n) is 19.1. The van der Waals surface area contributed by atoms with E-state index in [4.69, 9.17) is 4.74 Å². The van der Waals surface area contributed by atoms with Gasteiger partial charge in [0.15, 0.2) is 5.96 Å². The lowest BCUT2D eigenvalue weighted by molar-refractivity contribution is -0.118. The number of fused-ring (bicyclic) bond motifs is 1. The second-order valence-electron chi connectivity index (χ2n) is 7.89. The third kappa shape index (κ3) is 7.25. The highest BCUT2D eigenvalue weighted by atomic mass is 127. The Hall–Kier alpha value is -2.04. The Labute approximate surface area is 208 Å². The molecule has 178 valence electrons. The zero-order valence-corrected chi connectivity index (χ0v) is 21.5. The van der Waals surface area contributed by atoms with Crippen molar-refractivity contribution in [2.75, 3.05) is 44.2 Å². The number of para-hydroxylation sites is 1. The number of anilines is 1. The predicted octanol–water partition coefficient (Wildman–Crippen LogP) is 3.15. The van der Waals surface area contributed by atoms with E-state index in [0.717, 1.165) is 50.4 Å². The van der Waals surface area contributed by atoms with Gasteiger partial charge in [-0.15, -0.1) is 24.0 Å². The van der Waals surface area contributed by atoms with Crippen LogP contribution in [0.1, 0.15) is 45.1 Å². The summed E-state index contributed by atoms with van der Waals surface area (Å²) in [6, 6.07) is 8.40. The number of likely N-dealkylation sites (tertiary alicyclic amines) is 1. The molecular weight excluding hydrogens is 521 g/mol. The number of rotatable bonds is 7. The lowest BCUT2D eigenvalue weighted by Crippen LogP contribution is -2.49. The molecule has 0 spiro atoms. The Morgan fingerprint density at radius 2 is 1.91 bits per heavy atom. The van der Waals surface area contributed by atoms with Crippen LogP contribution in [0.25, 0.3) is 0 Å². The summed E-state index contributed by atoms with van der Waals surface area (Å²) < 4.78 is 5.08. The van der Waals surface area contributed by atoms with Crippen LogP contribution in [0.2, 0.25) is 0 Å². The molecule has 2 N–H and O–H groups in total. The number of guanidine groups is 1. The van der Waals surface area contributed by atoms with Gasteiger partial charge in [0, 0.05) is 50.9 Å². The summed E-state index contributed by atoms with van der Waals surface area (Å²) in [6.07, 6.45) is 3.63. The average Bonchev–Trinajstić information content (AvgIpc) is 3.21. The molecule has 0 bridgehead atoms. The van der Waals surface area contributed by atoms with Gasteiger partial charge in [-0.05, 0) is 51.2 Å². The van der Waals surface area contributed by atoms with Gasteiger partial charge in [0.25, 0.3) is 0 Å². The number of hydrogen-bond acceptors (Lipinski definition) is 4. The molecule has 32 heavy (non-hydrogen) atoms. The first-order valence-electron chi connectivity index (χ1n) is 11.5. The monoisotopic (exact) mass is 557 g/mol. The summed E-state index contributed by atoms with van der Waals surface area (Å²) >= 11 is 0. The lowest BCUT2D eigenvalue weighted by atomic mass is 10.1. The molecule has 1 aromatic carbocycles. The predicted molar refractivity (Wildman–Crippen MR) is 138 cm³/mol. The number of ether oxygens (including phenoxy) is 1. The molecule has 0 atom stereocenters. The fourth-order valence-corrected chi connectivity index (χ4v) is 4.09. The highest BCUT2D eigenvalue weighted by molar-refractivity contribution is 14.0. The van der Waals surface area contributed by atoms with Crippen molar-refractivity contribution in [3.8, 4) is 0 Å². The van der Waals surface area contributed by atoms with Crippen LogP contribution in [0, 0.1) is 0 Å². The fourth-order valence-electron chi connectivity index (χ4n) is 4.09. The Balaban J connectivity index is 0.00000363. The van der Waals surface area contributed by atoms with Crippen molar-refractivity contribution in [1.29, 1.82) is 0 Å². The van der Waals surface area contributed by atoms with E-state index < -0.39 is 0 Å². The van der Waals surface area contributed by atoms with Crippen molar-refractivity contribution in [1.82, 2.24) is 15.5 Å². The van der Waals surface area contributed by atoms with Crippen LogP contribution >= 0.6 is 24.0 Å². The van der Waals surface area contributed by atoms with Crippen molar-refractivity contribution in [2.24, 2.45) is 4.99 Å². The van der Waals surface area contributed by atoms with Crippen molar-refractivity contribution >= 4 is 47.6 Å². The van der Waals surface area contributed by atoms with Crippen LogP contribution in [0.4, 0.5) is 10.5 Å². The number of hydrogen-bond donors (Lipinski definition) is 2.